The molecule has 2 heterocycles. The van der Waals surface area contributed by atoms with E-state index < -0.39 is 7.12 Å². The van der Waals surface area contributed by atoms with Gasteiger partial charge >= 0.3 is 7.12 Å². The van der Waals surface area contributed by atoms with Gasteiger partial charge in [-0.1, -0.05) is 12.1 Å². The zero-order valence-electron chi connectivity index (χ0n) is 12.1. The summed E-state index contributed by atoms with van der Waals surface area (Å²) in [7, 11) is -0.404. The third kappa shape index (κ3) is 1.98. The summed E-state index contributed by atoms with van der Waals surface area (Å²) in [6, 6.07) is 7.40. The number of carbonyl (C=O) groups excluding carboxylic acids is 1. The van der Waals surface area contributed by atoms with Crippen molar-refractivity contribution in [3.8, 4) is 0 Å². The van der Waals surface area contributed by atoms with Gasteiger partial charge in [-0.25, -0.2) is 0 Å². The molecule has 1 aromatic heterocycles. The van der Waals surface area contributed by atoms with Crippen LogP contribution in [0.15, 0.2) is 28.7 Å². The topological polar surface area (TPSA) is 48.7 Å². The second-order valence-electron chi connectivity index (χ2n) is 6.15. The van der Waals surface area contributed by atoms with E-state index in [2.05, 4.69) is 0 Å². The molecule has 0 radical (unpaired) electrons. The lowest BCUT2D eigenvalue weighted by Crippen LogP contribution is -2.41. The van der Waals surface area contributed by atoms with Crippen molar-refractivity contribution in [1.29, 1.82) is 0 Å². The zero-order chi connectivity index (χ0) is 14.5. The van der Waals surface area contributed by atoms with E-state index in [1.807, 2.05) is 45.9 Å². The molecule has 1 aromatic carbocycles. The number of carbonyl (C=O) groups is 1. The molecule has 0 amide bonds. The number of hydrogen-bond acceptors (Lipinski definition) is 4. The highest BCUT2D eigenvalue weighted by atomic mass is 16.7. The molecule has 3 rings (SSSR count). The Morgan fingerprint density at radius 1 is 1.05 bits per heavy atom. The second kappa shape index (κ2) is 4.20. The van der Waals surface area contributed by atoms with Crippen LogP contribution in [0.2, 0.25) is 0 Å². The molecule has 0 bridgehead atoms. The Labute approximate surface area is 118 Å². The van der Waals surface area contributed by atoms with E-state index in [4.69, 9.17) is 13.7 Å². The lowest BCUT2D eigenvalue weighted by molar-refractivity contribution is 0.00578. The van der Waals surface area contributed by atoms with Gasteiger partial charge in [-0.2, -0.15) is 0 Å². The third-order valence-corrected chi connectivity index (χ3v) is 4.20. The molecular formula is C15H17BO4. The van der Waals surface area contributed by atoms with Crippen LogP contribution in [0, 0.1) is 0 Å². The first kappa shape index (κ1) is 13.4. The van der Waals surface area contributed by atoms with Gasteiger partial charge in [0, 0.05) is 5.39 Å². The molecule has 1 saturated heterocycles. The normalized spacial score (nSPS) is 20.5. The Morgan fingerprint density at radius 2 is 1.70 bits per heavy atom. The van der Waals surface area contributed by atoms with Crippen molar-refractivity contribution >= 4 is 29.8 Å². The molecule has 1 aliphatic rings. The first-order valence-corrected chi connectivity index (χ1v) is 6.67. The predicted molar refractivity (Wildman–Crippen MR) is 77.3 cm³/mol. The van der Waals surface area contributed by atoms with Crippen LogP contribution in [-0.2, 0) is 9.31 Å². The second-order valence-corrected chi connectivity index (χ2v) is 6.15. The molecule has 0 saturated carbocycles. The molecule has 1 fully saturated rings. The third-order valence-electron chi connectivity index (χ3n) is 4.20. The first-order valence-electron chi connectivity index (χ1n) is 6.67. The molecule has 20 heavy (non-hydrogen) atoms. The fourth-order valence-electron chi connectivity index (χ4n) is 2.27. The Balaban J connectivity index is 1.97. The van der Waals surface area contributed by atoms with Crippen LogP contribution in [0.3, 0.4) is 0 Å². The highest BCUT2D eigenvalue weighted by molar-refractivity contribution is 6.62. The van der Waals surface area contributed by atoms with Gasteiger partial charge in [0.1, 0.15) is 5.58 Å². The predicted octanol–water partition coefficient (Wildman–Crippen LogP) is 2.54. The van der Waals surface area contributed by atoms with E-state index in [-0.39, 0.29) is 11.2 Å². The summed E-state index contributed by atoms with van der Waals surface area (Å²) in [5.74, 6) is 0.325. The van der Waals surface area contributed by atoms with Gasteiger partial charge in [0.2, 0.25) is 0 Å². The smallest absolute Gasteiger partial charge is 0.453 e. The number of rotatable bonds is 2. The van der Waals surface area contributed by atoms with Crippen molar-refractivity contribution < 1.29 is 18.5 Å². The zero-order valence-corrected chi connectivity index (χ0v) is 12.1. The standard InChI is InChI=1S/C15H17BO4/c1-14(2)15(3,4)20-16(19-14)11-5-6-13-10(7-11)8-12(9-17)18-13/h5-9H,1-4H3. The maximum absolute atomic E-state index is 10.7. The molecular weight excluding hydrogens is 255 g/mol. The minimum absolute atomic E-state index is 0.325. The summed E-state index contributed by atoms with van der Waals surface area (Å²) in [4.78, 5) is 10.7. The lowest BCUT2D eigenvalue weighted by atomic mass is 9.79. The summed E-state index contributed by atoms with van der Waals surface area (Å²) >= 11 is 0. The Kier molecular flexibility index (Phi) is 2.82. The Bertz CT molecular complexity index is 656. The van der Waals surface area contributed by atoms with Crippen LogP contribution in [-0.4, -0.2) is 24.6 Å². The van der Waals surface area contributed by atoms with E-state index in [9.17, 15) is 4.79 Å². The van der Waals surface area contributed by atoms with Crippen LogP contribution in [0.25, 0.3) is 11.0 Å². The Morgan fingerprint density at radius 3 is 2.30 bits per heavy atom. The fourth-order valence-corrected chi connectivity index (χ4v) is 2.27. The van der Waals surface area contributed by atoms with Crippen molar-refractivity contribution in [2.45, 2.75) is 38.9 Å². The lowest BCUT2D eigenvalue weighted by Gasteiger charge is -2.32. The fraction of sp³-hybridized carbons (Fsp3) is 0.400. The molecule has 4 nitrogen and oxygen atoms in total. The van der Waals surface area contributed by atoms with Crippen molar-refractivity contribution in [1.82, 2.24) is 0 Å². The quantitative estimate of drug-likeness (QED) is 0.622. The van der Waals surface area contributed by atoms with Crippen LogP contribution in [0.5, 0.6) is 0 Å². The molecule has 0 unspecified atom stereocenters. The molecule has 0 atom stereocenters. The molecule has 5 heteroatoms. The largest absolute Gasteiger partial charge is 0.494 e. The minimum atomic E-state index is -0.404. The molecule has 0 spiro atoms. The number of benzene rings is 1. The molecule has 0 aliphatic carbocycles. The summed E-state index contributed by atoms with van der Waals surface area (Å²) in [6.45, 7) is 8.09. The van der Waals surface area contributed by atoms with Gasteiger partial charge in [0.05, 0.1) is 11.2 Å². The van der Waals surface area contributed by atoms with Crippen LogP contribution < -0.4 is 5.46 Å². The van der Waals surface area contributed by atoms with E-state index >= 15 is 0 Å². The Hall–Kier alpha value is -1.59. The summed E-state index contributed by atoms with van der Waals surface area (Å²) < 4.78 is 17.4. The van der Waals surface area contributed by atoms with Gasteiger partial charge < -0.3 is 13.7 Å². The van der Waals surface area contributed by atoms with Crippen molar-refractivity contribution in [3.63, 3.8) is 0 Å². The summed E-state index contributed by atoms with van der Waals surface area (Å²) in [5, 5.41) is 0.874. The van der Waals surface area contributed by atoms with E-state index in [0.29, 0.717) is 17.6 Å². The molecule has 2 aromatic rings. The van der Waals surface area contributed by atoms with Gasteiger partial charge in [-0.15, -0.1) is 0 Å². The SMILES string of the molecule is CC1(C)OB(c2ccc3oc(C=O)cc3c2)OC1(C)C. The van der Waals surface area contributed by atoms with Crippen LogP contribution >= 0.6 is 0 Å². The number of furan rings is 1. The van der Waals surface area contributed by atoms with E-state index in [0.717, 1.165) is 10.8 Å². The van der Waals surface area contributed by atoms with Gasteiger partial charge in [-0.05, 0) is 45.3 Å². The number of aldehydes is 1. The minimum Gasteiger partial charge on any atom is -0.453 e. The van der Waals surface area contributed by atoms with Crippen molar-refractivity contribution in [2.75, 3.05) is 0 Å². The highest BCUT2D eigenvalue weighted by Crippen LogP contribution is 2.36. The van der Waals surface area contributed by atoms with Gasteiger partial charge in [0.25, 0.3) is 0 Å². The van der Waals surface area contributed by atoms with Crippen molar-refractivity contribution in [2.24, 2.45) is 0 Å². The van der Waals surface area contributed by atoms with Crippen molar-refractivity contribution in [3.05, 3.63) is 30.0 Å². The van der Waals surface area contributed by atoms with E-state index in [1.54, 1.807) is 6.07 Å². The molecule has 0 N–H and O–H groups in total. The van der Waals surface area contributed by atoms with Gasteiger partial charge in [0.15, 0.2) is 12.0 Å². The highest BCUT2D eigenvalue weighted by Gasteiger charge is 2.51. The van der Waals surface area contributed by atoms with E-state index in [1.165, 1.54) is 0 Å². The average molecular weight is 272 g/mol. The van der Waals surface area contributed by atoms with Crippen LogP contribution in [0.1, 0.15) is 38.2 Å². The summed E-state index contributed by atoms with van der Waals surface area (Å²) in [5.41, 5.74) is 0.885. The maximum Gasteiger partial charge on any atom is 0.494 e. The monoisotopic (exact) mass is 272 g/mol. The van der Waals surface area contributed by atoms with Crippen LogP contribution in [0.4, 0.5) is 0 Å². The first-order chi connectivity index (χ1) is 9.32. The number of fused-ring (bicyclic) bond motifs is 1. The average Bonchev–Trinajstić information content (AvgIpc) is 2.87. The molecule has 1 aliphatic heterocycles. The molecule has 104 valence electrons. The summed E-state index contributed by atoms with van der Waals surface area (Å²) in [6.07, 6.45) is 0.703. The number of hydrogen-bond donors (Lipinski definition) is 0. The maximum atomic E-state index is 10.7. The van der Waals surface area contributed by atoms with Gasteiger partial charge in [-0.3, -0.25) is 4.79 Å².